The molecule has 1 aromatic heterocycles. The van der Waals surface area contributed by atoms with Gasteiger partial charge in [0.15, 0.2) is 0 Å². The van der Waals surface area contributed by atoms with Crippen LogP contribution < -0.4 is 10.9 Å². The monoisotopic (exact) mass is 397 g/mol. The summed E-state index contributed by atoms with van der Waals surface area (Å²) in [5, 5.41) is 11.6. The van der Waals surface area contributed by atoms with Gasteiger partial charge < -0.3 is 15.0 Å². The Balaban J connectivity index is 1.34. The number of amides is 1. The number of alkyl carbamates (subject to hydrolysis) is 1. The van der Waals surface area contributed by atoms with Crippen LogP contribution in [0.25, 0.3) is 17.2 Å². The molecular formula is C24H19N3O3. The summed E-state index contributed by atoms with van der Waals surface area (Å²) in [7, 11) is 0. The van der Waals surface area contributed by atoms with Crippen LogP contribution >= 0.6 is 0 Å². The number of aromatic amines is 1. The maximum absolute atomic E-state index is 12.1. The molecule has 1 amide bonds. The molecule has 0 spiro atoms. The third kappa shape index (κ3) is 3.87. The SMILES string of the molecule is N#Cc1cc(C=CCNC(=O)OCC2c3ccccc3-c3ccccc32)c[nH]c1=O. The molecule has 1 heterocycles. The minimum Gasteiger partial charge on any atom is -0.449 e. The van der Waals surface area contributed by atoms with Crippen LogP contribution in [0.1, 0.15) is 28.2 Å². The standard InChI is InChI=1S/C24H19N3O3/c25-13-17-12-16(14-27-23(17)28)6-5-11-26-24(29)30-15-22-20-9-3-1-7-18(20)19-8-2-4-10-21(19)22/h1-10,12,14,22H,11,15H2,(H,26,29)(H,27,28). The second-order valence-electron chi connectivity index (χ2n) is 6.90. The topological polar surface area (TPSA) is 95.0 Å². The van der Waals surface area contributed by atoms with Gasteiger partial charge in [0.2, 0.25) is 0 Å². The molecule has 4 rings (SSSR count). The summed E-state index contributed by atoms with van der Waals surface area (Å²) in [6, 6.07) is 19.7. The van der Waals surface area contributed by atoms with Gasteiger partial charge in [0.25, 0.3) is 5.56 Å². The Morgan fingerprint density at radius 2 is 1.80 bits per heavy atom. The number of benzene rings is 2. The fraction of sp³-hybridized carbons (Fsp3) is 0.125. The van der Waals surface area contributed by atoms with Crippen molar-refractivity contribution in [1.29, 1.82) is 5.26 Å². The molecule has 0 aliphatic heterocycles. The maximum Gasteiger partial charge on any atom is 0.407 e. The Labute approximate surface area is 173 Å². The van der Waals surface area contributed by atoms with E-state index in [9.17, 15) is 9.59 Å². The lowest BCUT2D eigenvalue weighted by Gasteiger charge is -2.14. The highest BCUT2D eigenvalue weighted by atomic mass is 16.5. The molecule has 2 N–H and O–H groups in total. The molecule has 3 aromatic rings. The van der Waals surface area contributed by atoms with Crippen molar-refractivity contribution in [2.45, 2.75) is 5.92 Å². The van der Waals surface area contributed by atoms with Crippen LogP contribution in [0.2, 0.25) is 0 Å². The smallest absolute Gasteiger partial charge is 0.407 e. The molecule has 0 atom stereocenters. The van der Waals surface area contributed by atoms with Gasteiger partial charge in [-0.2, -0.15) is 5.26 Å². The van der Waals surface area contributed by atoms with Crippen LogP contribution in [-0.2, 0) is 4.74 Å². The molecule has 30 heavy (non-hydrogen) atoms. The summed E-state index contributed by atoms with van der Waals surface area (Å²) in [4.78, 5) is 26.0. The van der Waals surface area contributed by atoms with Crippen LogP contribution in [-0.4, -0.2) is 24.2 Å². The average molecular weight is 397 g/mol. The van der Waals surface area contributed by atoms with Gasteiger partial charge in [-0.3, -0.25) is 4.79 Å². The van der Waals surface area contributed by atoms with Gasteiger partial charge in [-0.05, 0) is 33.9 Å². The molecule has 0 fully saturated rings. The number of hydrogen-bond acceptors (Lipinski definition) is 4. The molecular weight excluding hydrogens is 378 g/mol. The van der Waals surface area contributed by atoms with Gasteiger partial charge in [-0.25, -0.2) is 4.79 Å². The number of nitrogens with zero attached hydrogens (tertiary/aromatic N) is 1. The van der Waals surface area contributed by atoms with Crippen molar-refractivity contribution < 1.29 is 9.53 Å². The first kappa shape index (κ1) is 19.2. The zero-order valence-electron chi connectivity index (χ0n) is 16.1. The number of pyridine rings is 1. The highest BCUT2D eigenvalue weighted by Crippen LogP contribution is 2.44. The van der Waals surface area contributed by atoms with Crippen molar-refractivity contribution in [2.24, 2.45) is 0 Å². The molecule has 6 heteroatoms. The number of hydrogen-bond donors (Lipinski definition) is 2. The van der Waals surface area contributed by atoms with Gasteiger partial charge in [-0.15, -0.1) is 0 Å². The number of carbonyl (C=O) groups excluding carboxylic acids is 1. The first-order chi connectivity index (χ1) is 14.7. The van der Waals surface area contributed by atoms with E-state index >= 15 is 0 Å². The fourth-order valence-corrected chi connectivity index (χ4v) is 3.67. The number of ether oxygens (including phenoxy) is 1. The molecule has 6 nitrogen and oxygen atoms in total. The summed E-state index contributed by atoms with van der Waals surface area (Å²) in [6.07, 6.45) is 4.43. The van der Waals surface area contributed by atoms with E-state index in [1.807, 2.05) is 30.3 Å². The number of H-pyrrole nitrogens is 1. The molecule has 148 valence electrons. The van der Waals surface area contributed by atoms with Gasteiger partial charge in [0, 0.05) is 18.7 Å². The Kier molecular flexibility index (Phi) is 5.44. The molecule has 0 radical (unpaired) electrons. The Morgan fingerprint density at radius 3 is 2.47 bits per heavy atom. The number of nitriles is 1. The number of aromatic nitrogens is 1. The minimum atomic E-state index is -0.499. The van der Waals surface area contributed by atoms with E-state index in [4.69, 9.17) is 10.00 Å². The third-order valence-electron chi connectivity index (χ3n) is 5.06. The maximum atomic E-state index is 12.1. The Morgan fingerprint density at radius 1 is 1.13 bits per heavy atom. The Bertz CT molecular complexity index is 1180. The zero-order valence-corrected chi connectivity index (χ0v) is 16.1. The number of rotatable bonds is 5. The molecule has 0 bridgehead atoms. The molecule has 1 aliphatic rings. The van der Waals surface area contributed by atoms with Crippen molar-refractivity contribution >= 4 is 12.2 Å². The van der Waals surface area contributed by atoms with Gasteiger partial charge in [-0.1, -0.05) is 60.7 Å². The van der Waals surface area contributed by atoms with Crippen LogP contribution in [0, 0.1) is 11.3 Å². The van der Waals surface area contributed by atoms with Crippen molar-refractivity contribution in [1.82, 2.24) is 10.3 Å². The Hall–Kier alpha value is -4.11. The van der Waals surface area contributed by atoms with E-state index in [0.717, 1.165) is 11.1 Å². The van der Waals surface area contributed by atoms with E-state index in [1.165, 1.54) is 23.4 Å². The summed E-state index contributed by atoms with van der Waals surface area (Å²) < 4.78 is 5.47. The van der Waals surface area contributed by atoms with Crippen molar-refractivity contribution in [3.05, 3.63) is 99.5 Å². The highest BCUT2D eigenvalue weighted by Gasteiger charge is 2.28. The first-order valence-corrected chi connectivity index (χ1v) is 9.55. The normalized spacial score (nSPS) is 12.2. The van der Waals surface area contributed by atoms with Gasteiger partial charge >= 0.3 is 6.09 Å². The lowest BCUT2D eigenvalue weighted by Crippen LogP contribution is -2.26. The predicted octanol–water partition coefficient (Wildman–Crippen LogP) is 3.80. The van der Waals surface area contributed by atoms with Crippen LogP contribution in [0.5, 0.6) is 0 Å². The van der Waals surface area contributed by atoms with Crippen LogP contribution in [0.3, 0.4) is 0 Å². The first-order valence-electron chi connectivity index (χ1n) is 9.55. The minimum absolute atomic E-state index is 0.0178. The summed E-state index contributed by atoms with van der Waals surface area (Å²) in [5.74, 6) is 0.0178. The zero-order chi connectivity index (χ0) is 20.9. The summed E-state index contributed by atoms with van der Waals surface area (Å²) in [6.45, 7) is 0.521. The fourth-order valence-electron chi connectivity index (χ4n) is 3.67. The van der Waals surface area contributed by atoms with E-state index in [0.29, 0.717) is 5.56 Å². The lowest BCUT2D eigenvalue weighted by atomic mass is 9.98. The summed E-state index contributed by atoms with van der Waals surface area (Å²) >= 11 is 0. The van der Waals surface area contributed by atoms with Gasteiger partial charge in [0.1, 0.15) is 18.2 Å². The molecule has 0 unspecified atom stereocenters. The largest absolute Gasteiger partial charge is 0.449 e. The van der Waals surface area contributed by atoms with Crippen LogP contribution in [0.4, 0.5) is 4.79 Å². The second-order valence-corrected chi connectivity index (χ2v) is 6.90. The second kappa shape index (κ2) is 8.50. The van der Waals surface area contributed by atoms with E-state index < -0.39 is 11.7 Å². The average Bonchev–Trinajstić information content (AvgIpc) is 3.10. The summed E-state index contributed by atoms with van der Waals surface area (Å²) in [5.41, 5.74) is 4.98. The number of nitrogens with one attached hydrogen (secondary N) is 2. The highest BCUT2D eigenvalue weighted by molar-refractivity contribution is 5.79. The molecule has 0 saturated heterocycles. The van der Waals surface area contributed by atoms with E-state index in [-0.39, 0.29) is 24.6 Å². The molecule has 1 aliphatic carbocycles. The molecule has 2 aromatic carbocycles. The number of fused-ring (bicyclic) bond motifs is 3. The third-order valence-corrected chi connectivity index (χ3v) is 5.06. The van der Waals surface area contributed by atoms with Crippen molar-refractivity contribution in [3.8, 4) is 17.2 Å². The van der Waals surface area contributed by atoms with Crippen molar-refractivity contribution in [3.63, 3.8) is 0 Å². The predicted molar refractivity (Wildman–Crippen MR) is 114 cm³/mol. The van der Waals surface area contributed by atoms with Crippen molar-refractivity contribution in [2.75, 3.05) is 13.2 Å². The quantitative estimate of drug-likeness (QED) is 0.685. The van der Waals surface area contributed by atoms with E-state index in [2.05, 4.69) is 34.6 Å². The molecule has 0 saturated carbocycles. The van der Waals surface area contributed by atoms with Gasteiger partial charge in [0.05, 0.1) is 0 Å². The lowest BCUT2D eigenvalue weighted by molar-refractivity contribution is 0.144. The van der Waals surface area contributed by atoms with E-state index in [1.54, 1.807) is 12.2 Å². The van der Waals surface area contributed by atoms with Crippen LogP contribution in [0.15, 0.2) is 71.7 Å². The number of carbonyl (C=O) groups is 1.